The maximum atomic E-state index is 11.0. The molecule has 1 amide bonds. The Bertz CT molecular complexity index is 572. The number of rotatable bonds is 4. The van der Waals surface area contributed by atoms with Crippen LogP contribution >= 0.6 is 0 Å². The lowest BCUT2D eigenvalue weighted by molar-refractivity contribution is 0.209. The number of anilines is 1. The van der Waals surface area contributed by atoms with Crippen molar-refractivity contribution in [2.75, 3.05) is 5.32 Å². The van der Waals surface area contributed by atoms with E-state index in [1.54, 1.807) is 6.20 Å². The lowest BCUT2D eigenvalue weighted by atomic mass is 9.90. The van der Waals surface area contributed by atoms with Crippen LogP contribution in [-0.4, -0.2) is 24.5 Å². The highest BCUT2D eigenvalue weighted by atomic mass is 28.4. The molecule has 1 heterocycles. The molecule has 0 spiro atoms. The summed E-state index contributed by atoms with van der Waals surface area (Å²) >= 11 is 0. The van der Waals surface area contributed by atoms with Gasteiger partial charge < -0.3 is 9.53 Å². The van der Waals surface area contributed by atoms with E-state index < -0.39 is 14.4 Å². The molecule has 0 aliphatic carbocycles. The smallest absolute Gasteiger partial charge is 0.409 e. The molecule has 0 atom stereocenters. The molecule has 1 aromatic heterocycles. The van der Waals surface area contributed by atoms with Gasteiger partial charge in [0.15, 0.2) is 8.32 Å². The van der Waals surface area contributed by atoms with Gasteiger partial charge in [-0.1, -0.05) is 41.5 Å². The third kappa shape index (κ3) is 5.32. The van der Waals surface area contributed by atoms with E-state index >= 15 is 0 Å². The second kappa shape index (κ2) is 6.61. The highest BCUT2D eigenvalue weighted by Gasteiger charge is 2.37. The molecule has 130 valence electrons. The van der Waals surface area contributed by atoms with E-state index in [0.717, 1.165) is 11.3 Å². The number of pyridine rings is 1. The summed E-state index contributed by atoms with van der Waals surface area (Å²) in [5, 5.41) is 11.6. The number of nitrogens with one attached hydrogen (secondary N) is 1. The van der Waals surface area contributed by atoms with Crippen molar-refractivity contribution >= 4 is 20.1 Å². The predicted octanol–water partition coefficient (Wildman–Crippen LogP) is 4.99. The normalized spacial score (nSPS) is 13.0. The molecule has 0 radical (unpaired) electrons. The summed E-state index contributed by atoms with van der Waals surface area (Å²) in [7, 11) is -1.85. The third-order valence-electron chi connectivity index (χ3n) is 4.30. The largest absolute Gasteiger partial charge is 0.465 e. The molecule has 6 heteroatoms. The van der Waals surface area contributed by atoms with Gasteiger partial charge >= 0.3 is 6.09 Å². The van der Waals surface area contributed by atoms with Crippen LogP contribution < -0.4 is 5.32 Å². The molecule has 23 heavy (non-hydrogen) atoms. The Kier molecular flexibility index (Phi) is 5.64. The number of carboxylic acid groups (broad SMARTS) is 1. The zero-order valence-electron chi connectivity index (χ0n) is 15.6. The van der Waals surface area contributed by atoms with Crippen molar-refractivity contribution in [2.45, 2.75) is 71.7 Å². The van der Waals surface area contributed by atoms with Crippen molar-refractivity contribution in [2.24, 2.45) is 0 Å². The standard InChI is InChI=1S/C17H30N2O3Si/c1-16(2,3)14-13(19-15(20)21)9-12(10-18-14)11-22-23(7,8)17(4,5)6/h9-10,19H,11H2,1-8H3,(H,20,21). The molecule has 2 N–H and O–H groups in total. The van der Waals surface area contributed by atoms with E-state index in [1.807, 2.05) is 26.8 Å². The van der Waals surface area contributed by atoms with Gasteiger partial charge in [-0.05, 0) is 29.8 Å². The van der Waals surface area contributed by atoms with E-state index in [2.05, 4.69) is 44.2 Å². The minimum atomic E-state index is -1.85. The number of aromatic nitrogens is 1. The lowest BCUT2D eigenvalue weighted by Gasteiger charge is -2.36. The van der Waals surface area contributed by atoms with Crippen LogP contribution in [-0.2, 0) is 16.4 Å². The fourth-order valence-electron chi connectivity index (χ4n) is 1.88. The molecule has 0 fully saturated rings. The van der Waals surface area contributed by atoms with Gasteiger partial charge in [0, 0.05) is 11.6 Å². The van der Waals surface area contributed by atoms with Crippen molar-refractivity contribution in [1.82, 2.24) is 4.98 Å². The van der Waals surface area contributed by atoms with E-state index in [-0.39, 0.29) is 10.5 Å². The summed E-state index contributed by atoms with van der Waals surface area (Å²) in [5.41, 5.74) is 1.90. The molecule has 0 aliphatic rings. The second-order valence-corrected chi connectivity index (χ2v) is 13.3. The van der Waals surface area contributed by atoms with Gasteiger partial charge in [0.25, 0.3) is 0 Å². The number of amides is 1. The van der Waals surface area contributed by atoms with Crippen molar-refractivity contribution < 1.29 is 14.3 Å². The van der Waals surface area contributed by atoms with E-state index in [0.29, 0.717) is 12.3 Å². The molecular formula is C17H30N2O3Si. The van der Waals surface area contributed by atoms with Crippen molar-refractivity contribution in [3.8, 4) is 0 Å². The lowest BCUT2D eigenvalue weighted by Crippen LogP contribution is -2.40. The van der Waals surface area contributed by atoms with E-state index in [1.165, 1.54) is 0 Å². The minimum absolute atomic E-state index is 0.133. The van der Waals surface area contributed by atoms with Gasteiger partial charge in [0.2, 0.25) is 0 Å². The van der Waals surface area contributed by atoms with Crippen molar-refractivity contribution in [1.29, 1.82) is 0 Å². The van der Waals surface area contributed by atoms with Gasteiger partial charge in [-0.15, -0.1) is 0 Å². The topological polar surface area (TPSA) is 71.5 Å². The van der Waals surface area contributed by atoms with Gasteiger partial charge in [0.05, 0.1) is 18.0 Å². The Morgan fingerprint density at radius 3 is 2.26 bits per heavy atom. The quantitative estimate of drug-likeness (QED) is 0.759. The summed E-state index contributed by atoms with van der Waals surface area (Å²) in [6.07, 6.45) is 0.695. The first-order chi connectivity index (χ1) is 10.2. The highest BCUT2D eigenvalue weighted by molar-refractivity contribution is 6.74. The minimum Gasteiger partial charge on any atom is -0.465 e. The first-order valence-electron chi connectivity index (χ1n) is 7.87. The summed E-state index contributed by atoms with van der Waals surface area (Å²) in [5.74, 6) is 0. The van der Waals surface area contributed by atoms with Crippen LogP contribution in [0.2, 0.25) is 18.1 Å². The van der Waals surface area contributed by atoms with E-state index in [9.17, 15) is 4.79 Å². The molecular weight excluding hydrogens is 308 g/mol. The summed E-state index contributed by atoms with van der Waals surface area (Å²) in [6, 6.07) is 1.83. The van der Waals surface area contributed by atoms with Gasteiger partial charge in [-0.2, -0.15) is 0 Å². The van der Waals surface area contributed by atoms with Crippen LogP contribution in [0.15, 0.2) is 12.3 Å². The Morgan fingerprint density at radius 1 is 1.26 bits per heavy atom. The fourth-order valence-corrected chi connectivity index (χ4v) is 2.84. The molecule has 1 rings (SSSR count). The monoisotopic (exact) mass is 338 g/mol. The number of hydrogen-bond acceptors (Lipinski definition) is 3. The maximum Gasteiger partial charge on any atom is 0.409 e. The predicted molar refractivity (Wildman–Crippen MR) is 96.6 cm³/mol. The van der Waals surface area contributed by atoms with Crippen molar-refractivity contribution in [3.63, 3.8) is 0 Å². The Morgan fingerprint density at radius 2 is 1.83 bits per heavy atom. The highest BCUT2D eigenvalue weighted by Crippen LogP contribution is 2.37. The number of carbonyl (C=O) groups is 1. The third-order valence-corrected chi connectivity index (χ3v) is 8.78. The van der Waals surface area contributed by atoms with Gasteiger partial charge in [0.1, 0.15) is 0 Å². The summed E-state index contributed by atoms with van der Waals surface area (Å²) in [6.45, 7) is 17.4. The Balaban J connectivity index is 3.04. The Hall–Kier alpha value is -1.40. The van der Waals surface area contributed by atoms with Crippen LogP contribution in [0.1, 0.15) is 52.8 Å². The van der Waals surface area contributed by atoms with Crippen molar-refractivity contribution in [3.05, 3.63) is 23.5 Å². The van der Waals surface area contributed by atoms with Crippen LogP contribution in [0.25, 0.3) is 0 Å². The number of hydrogen-bond donors (Lipinski definition) is 2. The molecule has 1 aromatic rings. The van der Waals surface area contributed by atoms with Crippen LogP contribution in [0, 0.1) is 0 Å². The zero-order valence-corrected chi connectivity index (χ0v) is 16.6. The molecule has 0 aliphatic heterocycles. The average molecular weight is 339 g/mol. The van der Waals surface area contributed by atoms with Gasteiger partial charge in [-0.25, -0.2) is 4.79 Å². The van der Waals surface area contributed by atoms with Crippen LogP contribution in [0.4, 0.5) is 10.5 Å². The molecule has 0 saturated heterocycles. The zero-order chi connectivity index (χ0) is 18.1. The molecule has 0 aromatic carbocycles. The maximum absolute atomic E-state index is 11.0. The molecule has 5 nitrogen and oxygen atoms in total. The molecule has 0 unspecified atom stereocenters. The average Bonchev–Trinajstić information content (AvgIpc) is 2.33. The summed E-state index contributed by atoms with van der Waals surface area (Å²) in [4.78, 5) is 15.5. The Labute approximate surface area is 140 Å². The van der Waals surface area contributed by atoms with Crippen LogP contribution in [0.5, 0.6) is 0 Å². The first kappa shape index (κ1) is 19.6. The van der Waals surface area contributed by atoms with E-state index in [4.69, 9.17) is 9.53 Å². The number of nitrogens with zero attached hydrogens (tertiary/aromatic N) is 1. The summed E-state index contributed by atoms with van der Waals surface area (Å²) < 4.78 is 6.19. The molecule has 0 bridgehead atoms. The first-order valence-corrected chi connectivity index (χ1v) is 10.8. The van der Waals surface area contributed by atoms with Gasteiger partial charge in [-0.3, -0.25) is 10.3 Å². The SMILES string of the molecule is CC(C)(C)c1ncc(CO[Si](C)(C)C(C)(C)C)cc1NC(=O)O. The second-order valence-electron chi connectivity index (χ2n) is 8.47. The van der Waals surface area contributed by atoms with Crippen LogP contribution in [0.3, 0.4) is 0 Å². The fraction of sp³-hybridized carbons (Fsp3) is 0.647. The molecule has 0 saturated carbocycles.